The van der Waals surface area contributed by atoms with E-state index in [2.05, 4.69) is 52.5 Å². The molecule has 8 bridgehead atoms. The Labute approximate surface area is 297 Å². The molecule has 0 saturated heterocycles. The monoisotopic (exact) mass is 692 g/mol. The van der Waals surface area contributed by atoms with Gasteiger partial charge >= 0.3 is 5.97 Å². The first kappa shape index (κ1) is 36.1. The smallest absolute Gasteiger partial charge is 0.303 e. The maximum Gasteiger partial charge on any atom is 0.303 e. The van der Waals surface area contributed by atoms with Crippen molar-refractivity contribution in [2.24, 2.45) is 0 Å². The molecule has 0 radical (unpaired) electrons. The second-order valence-corrected chi connectivity index (χ2v) is 13.0. The van der Waals surface area contributed by atoms with E-state index in [1.807, 2.05) is 58.0 Å². The number of rotatable bonds is 13. The molecule has 10 nitrogen and oxygen atoms in total. The topological polar surface area (TPSA) is 153 Å². The predicted octanol–water partition coefficient (Wildman–Crippen LogP) is 7.28. The Bertz CT molecular complexity index is 2130. The average Bonchev–Trinajstić information content (AvgIpc) is 3.74. The van der Waals surface area contributed by atoms with Crippen LogP contribution in [0, 0.1) is 13.8 Å². The molecule has 2 aliphatic rings. The van der Waals surface area contributed by atoms with Crippen LogP contribution < -0.4 is 10.6 Å². The lowest BCUT2D eigenvalue weighted by molar-refractivity contribution is -0.136. The highest BCUT2D eigenvalue weighted by Gasteiger charge is 2.23. The summed E-state index contributed by atoms with van der Waals surface area (Å²) in [5.74, 6) is -0.665. The third-order valence-electron chi connectivity index (χ3n) is 9.34. The second-order valence-electron chi connectivity index (χ2n) is 12.5. The summed E-state index contributed by atoms with van der Waals surface area (Å²) >= 11 is 4.07. The maximum absolute atomic E-state index is 12.9. The lowest BCUT2D eigenvalue weighted by atomic mass is 9.98. The van der Waals surface area contributed by atoms with Crippen LogP contribution in [0.5, 0.6) is 0 Å². The van der Waals surface area contributed by atoms with Gasteiger partial charge in [-0.05, 0) is 104 Å². The number of hydrogen-bond acceptors (Lipinski definition) is 6. The van der Waals surface area contributed by atoms with Crippen molar-refractivity contribution in [2.75, 3.05) is 18.8 Å². The van der Waals surface area contributed by atoms with Crippen LogP contribution in [0.3, 0.4) is 0 Å². The molecule has 5 N–H and O–H groups in total. The van der Waals surface area contributed by atoms with Gasteiger partial charge in [-0.1, -0.05) is 25.3 Å². The zero-order valence-corrected chi connectivity index (χ0v) is 29.9. The van der Waals surface area contributed by atoms with E-state index in [4.69, 9.17) is 9.97 Å². The van der Waals surface area contributed by atoms with E-state index in [0.717, 1.165) is 78.0 Å². The van der Waals surface area contributed by atoms with Gasteiger partial charge in [-0.25, -0.2) is 9.97 Å². The van der Waals surface area contributed by atoms with Gasteiger partial charge in [-0.15, -0.1) is 0 Å². The van der Waals surface area contributed by atoms with Gasteiger partial charge in [-0.2, -0.15) is 12.6 Å². The Balaban J connectivity index is 1.67. The van der Waals surface area contributed by atoms with E-state index < -0.39 is 5.97 Å². The summed E-state index contributed by atoms with van der Waals surface area (Å²) in [6.07, 6.45) is 4.91. The number of aliphatic carboxylic acids is 1. The Morgan fingerprint density at radius 2 is 1.16 bits per heavy atom. The third-order valence-corrected chi connectivity index (χ3v) is 9.56. The van der Waals surface area contributed by atoms with E-state index >= 15 is 0 Å². The fraction of sp³-hybridized carbons (Fsp3) is 0.308. The van der Waals surface area contributed by atoms with E-state index in [-0.39, 0.29) is 24.7 Å². The molecular formula is C39H44N6O4S. The highest BCUT2D eigenvalue weighted by atomic mass is 32.1. The van der Waals surface area contributed by atoms with Gasteiger partial charge in [0, 0.05) is 65.5 Å². The van der Waals surface area contributed by atoms with Gasteiger partial charge in [0.1, 0.15) is 0 Å². The van der Waals surface area contributed by atoms with Crippen LogP contribution in [-0.4, -0.2) is 61.7 Å². The number of thiol groups is 1. The van der Waals surface area contributed by atoms with E-state index in [1.54, 1.807) is 0 Å². The number of carbonyl (C=O) groups is 3. The summed E-state index contributed by atoms with van der Waals surface area (Å²) in [5.41, 5.74) is 13.9. The van der Waals surface area contributed by atoms with Gasteiger partial charge in [-0.3, -0.25) is 14.4 Å². The van der Waals surface area contributed by atoms with Gasteiger partial charge < -0.3 is 25.7 Å². The molecule has 5 heterocycles. The molecule has 0 aliphatic carbocycles. The minimum atomic E-state index is -0.888. The first-order valence-electron chi connectivity index (χ1n) is 16.7. The molecule has 2 amide bonds. The second kappa shape index (κ2) is 15.6. The molecule has 260 valence electrons. The molecule has 0 unspecified atom stereocenters. The van der Waals surface area contributed by atoms with Crippen LogP contribution in [-0.2, 0) is 14.4 Å². The summed E-state index contributed by atoms with van der Waals surface area (Å²) in [5, 5.41) is 15.2. The minimum absolute atomic E-state index is 0.0418. The molecule has 0 spiro atoms. The standard InChI is InChI=1S/C39H44N6O4S/c1-7-25-21(3)29-17-30-23(5)27(9-11-37(46)40-14-15-41-38(47)13-16-50)35(44-30)20-36-28(10-12-39(48)49)24(6)32(45-36)19-34-26(8-2)22(4)31(43-34)18-33(25)42-29/h7-8,17-20,42-43,50H,1-2,9-16H2,3-6H3,(H,40,46)(H,41,47)(H,48,49). The van der Waals surface area contributed by atoms with Crippen molar-refractivity contribution in [3.63, 3.8) is 0 Å². The molecular weight excluding hydrogens is 649 g/mol. The fourth-order valence-corrected chi connectivity index (χ4v) is 6.66. The van der Waals surface area contributed by atoms with Gasteiger partial charge in [0.05, 0.1) is 22.8 Å². The number of nitrogens with zero attached hydrogens (tertiary/aromatic N) is 2. The Kier molecular flexibility index (Phi) is 11.3. The van der Waals surface area contributed by atoms with E-state index in [9.17, 15) is 19.5 Å². The number of aryl methyl sites for hydroxylation is 2. The lowest BCUT2D eigenvalue weighted by Gasteiger charge is -2.08. The number of nitrogens with one attached hydrogen (secondary N) is 4. The zero-order valence-electron chi connectivity index (χ0n) is 29.0. The van der Waals surface area contributed by atoms with Gasteiger partial charge in [0.15, 0.2) is 0 Å². The highest BCUT2D eigenvalue weighted by Crippen LogP contribution is 2.38. The van der Waals surface area contributed by atoms with E-state index in [1.165, 1.54) is 0 Å². The van der Waals surface area contributed by atoms with Crippen molar-refractivity contribution < 1.29 is 19.5 Å². The van der Waals surface area contributed by atoms with Crippen molar-refractivity contribution in [3.8, 4) is 0 Å². The molecule has 0 fully saturated rings. The van der Waals surface area contributed by atoms with Crippen molar-refractivity contribution in [3.05, 3.63) is 82.5 Å². The number of allylic oxidation sites excluding steroid dienone is 4. The summed E-state index contributed by atoms with van der Waals surface area (Å²) in [4.78, 5) is 53.5. The van der Waals surface area contributed by atoms with Crippen molar-refractivity contribution >= 4 is 86.9 Å². The third kappa shape index (κ3) is 7.68. The van der Waals surface area contributed by atoms with Gasteiger partial charge in [0.25, 0.3) is 0 Å². The predicted molar refractivity (Wildman–Crippen MR) is 206 cm³/mol. The number of aromatic nitrogens is 4. The van der Waals surface area contributed by atoms with Crippen molar-refractivity contribution in [1.82, 2.24) is 30.6 Å². The Hall–Kier alpha value is -5.16. The van der Waals surface area contributed by atoms with E-state index in [0.29, 0.717) is 49.5 Å². The molecule has 3 aromatic rings. The van der Waals surface area contributed by atoms with Crippen molar-refractivity contribution in [1.29, 1.82) is 0 Å². The van der Waals surface area contributed by atoms with Crippen LogP contribution in [0.2, 0.25) is 0 Å². The van der Waals surface area contributed by atoms with Crippen LogP contribution in [0.1, 0.15) is 91.0 Å². The van der Waals surface area contributed by atoms with Crippen LogP contribution >= 0.6 is 12.6 Å². The molecule has 5 rings (SSSR count). The fourth-order valence-electron chi connectivity index (χ4n) is 6.46. The van der Waals surface area contributed by atoms with Crippen molar-refractivity contribution in [2.45, 2.75) is 59.8 Å². The zero-order chi connectivity index (χ0) is 36.1. The summed E-state index contributed by atoms with van der Waals surface area (Å²) in [6, 6.07) is 7.99. The molecule has 2 aliphatic heterocycles. The minimum Gasteiger partial charge on any atom is -0.481 e. The molecule has 50 heavy (non-hydrogen) atoms. The van der Waals surface area contributed by atoms with Crippen LogP contribution in [0.25, 0.3) is 56.5 Å². The van der Waals surface area contributed by atoms with Crippen LogP contribution in [0.15, 0.2) is 37.4 Å². The first-order valence-corrected chi connectivity index (χ1v) is 17.4. The molecule has 0 saturated carbocycles. The quantitative estimate of drug-likeness (QED) is 0.0818. The molecule has 11 heteroatoms. The molecule has 0 atom stereocenters. The van der Waals surface area contributed by atoms with Gasteiger partial charge in [0.2, 0.25) is 11.8 Å². The summed E-state index contributed by atoms with van der Waals surface area (Å²) in [6.45, 7) is 16.9. The summed E-state index contributed by atoms with van der Waals surface area (Å²) in [7, 11) is 0. The highest BCUT2D eigenvalue weighted by molar-refractivity contribution is 7.80. The number of aromatic amines is 2. The number of H-pyrrole nitrogens is 2. The SMILES string of the molecule is C=Cc1c(C)c2cc3[nH]c(cc4nc(cc5nc(cc1[nH]2)C(C)=C5CCC(=O)O)C(CCC(=O)NCCNC(=O)CCS)=C4C)c(C)c3C=C. The number of amides is 2. The number of hydrogen-bond donors (Lipinski definition) is 6. The first-order chi connectivity index (χ1) is 23.9. The normalized spacial score (nSPS) is 12.7. The number of carbonyl (C=O) groups excluding carboxylic acids is 2. The number of carboxylic acid groups (broad SMARTS) is 1. The Morgan fingerprint density at radius 3 is 1.66 bits per heavy atom. The van der Waals surface area contributed by atoms with Crippen LogP contribution in [0.4, 0.5) is 0 Å². The summed E-state index contributed by atoms with van der Waals surface area (Å²) < 4.78 is 0. The molecule has 3 aromatic heterocycles. The molecule has 0 aromatic carbocycles. The largest absolute Gasteiger partial charge is 0.481 e. The number of fused-ring (bicyclic) bond motifs is 8. The maximum atomic E-state index is 12.9. The average molecular weight is 693 g/mol. The number of carboxylic acids is 1. The lowest BCUT2D eigenvalue weighted by Crippen LogP contribution is -2.34. The Morgan fingerprint density at radius 1 is 0.700 bits per heavy atom.